The second-order valence-corrected chi connectivity index (χ2v) is 9.99. The second-order valence-electron chi connectivity index (χ2n) is 9.99. The molecule has 0 saturated heterocycles. The summed E-state index contributed by atoms with van der Waals surface area (Å²) in [4.78, 5) is 0. The predicted octanol–water partition coefficient (Wildman–Crippen LogP) is 9.09. The normalized spacial score (nSPS) is 11.5. The third-order valence-corrected chi connectivity index (χ3v) is 6.97. The molecule has 0 spiro atoms. The Labute approximate surface area is 196 Å². The van der Waals surface area contributed by atoms with Crippen LogP contribution in [0.3, 0.4) is 0 Å². The van der Waals surface area contributed by atoms with Crippen molar-refractivity contribution < 1.29 is 4.57 Å². The van der Waals surface area contributed by atoms with E-state index in [4.69, 9.17) is 0 Å². The van der Waals surface area contributed by atoms with Gasteiger partial charge in [-0.2, -0.15) is 0 Å². The minimum absolute atomic E-state index is 1.21. The maximum atomic E-state index is 2.52. The van der Waals surface area contributed by atoms with Crippen LogP contribution in [0.5, 0.6) is 0 Å². The van der Waals surface area contributed by atoms with Gasteiger partial charge >= 0.3 is 0 Å². The van der Waals surface area contributed by atoms with E-state index in [0.717, 1.165) is 0 Å². The highest BCUT2D eigenvalue weighted by molar-refractivity contribution is 4.84. The predicted molar refractivity (Wildman–Crippen MR) is 138 cm³/mol. The van der Waals surface area contributed by atoms with Crippen molar-refractivity contribution in [1.82, 2.24) is 4.57 Å². The molecule has 0 fully saturated rings. The number of aromatic nitrogens is 2. The molecule has 0 saturated carbocycles. The highest BCUT2D eigenvalue weighted by atomic mass is 15.1. The summed E-state index contributed by atoms with van der Waals surface area (Å²) in [5.74, 6) is 1.53. The summed E-state index contributed by atoms with van der Waals surface area (Å²) in [5, 5.41) is 0. The van der Waals surface area contributed by atoms with Gasteiger partial charge in [-0.3, -0.25) is 0 Å². The summed E-state index contributed by atoms with van der Waals surface area (Å²) in [7, 11) is 2.22. The fourth-order valence-electron chi connectivity index (χ4n) is 4.80. The van der Waals surface area contributed by atoms with Crippen molar-refractivity contribution in [2.75, 3.05) is 0 Å². The lowest BCUT2D eigenvalue weighted by molar-refractivity contribution is -0.678. The van der Waals surface area contributed by atoms with Gasteiger partial charge in [0, 0.05) is 6.42 Å². The molecule has 1 aromatic rings. The summed E-state index contributed by atoms with van der Waals surface area (Å²) in [6.45, 7) is 5.81. The molecule has 182 valence electrons. The molecule has 0 amide bonds. The molecule has 0 unspecified atom stereocenters. The van der Waals surface area contributed by atoms with Crippen LogP contribution in [-0.4, -0.2) is 4.57 Å². The van der Waals surface area contributed by atoms with Gasteiger partial charge in [-0.25, -0.2) is 9.13 Å². The first-order chi connectivity index (χ1) is 15.3. The standard InChI is InChI=1S/C29H57N2/c1-4-6-8-10-12-13-14-15-16-17-18-19-20-22-24-26-31-28-27-30(3)29(31)25-23-21-11-9-7-5-2/h27-28H,4-26H2,1-3H3/q+1. The largest absolute Gasteiger partial charge is 0.256 e. The smallest absolute Gasteiger partial charge is 0.237 e. The van der Waals surface area contributed by atoms with Crippen molar-refractivity contribution in [3.63, 3.8) is 0 Å². The molecule has 0 radical (unpaired) electrons. The first kappa shape index (κ1) is 28.2. The van der Waals surface area contributed by atoms with Gasteiger partial charge < -0.3 is 0 Å². The van der Waals surface area contributed by atoms with Crippen LogP contribution >= 0.6 is 0 Å². The molecule has 0 atom stereocenters. The van der Waals surface area contributed by atoms with Crippen molar-refractivity contribution >= 4 is 0 Å². The second kappa shape index (κ2) is 21.1. The minimum atomic E-state index is 1.21. The Hall–Kier alpha value is -0.790. The Kier molecular flexibility index (Phi) is 19.2. The Bertz CT molecular complexity index is 491. The van der Waals surface area contributed by atoms with Gasteiger partial charge in [0.2, 0.25) is 0 Å². The maximum absolute atomic E-state index is 2.52. The van der Waals surface area contributed by atoms with E-state index in [-0.39, 0.29) is 0 Å². The molecule has 0 aliphatic rings. The lowest BCUT2D eigenvalue weighted by Gasteiger charge is -2.05. The molecule has 0 aliphatic heterocycles. The zero-order valence-corrected chi connectivity index (χ0v) is 21.8. The van der Waals surface area contributed by atoms with Crippen LogP contribution in [0.25, 0.3) is 0 Å². The van der Waals surface area contributed by atoms with Crippen molar-refractivity contribution in [3.05, 3.63) is 18.2 Å². The third-order valence-electron chi connectivity index (χ3n) is 6.97. The van der Waals surface area contributed by atoms with Crippen LogP contribution < -0.4 is 4.57 Å². The number of aryl methyl sites for hydroxylation is 2. The Morgan fingerprint density at radius 2 is 0.935 bits per heavy atom. The minimum Gasteiger partial charge on any atom is -0.237 e. The van der Waals surface area contributed by atoms with Crippen LogP contribution in [-0.2, 0) is 20.0 Å². The third kappa shape index (κ3) is 15.6. The molecule has 0 N–H and O–H groups in total. The van der Waals surface area contributed by atoms with Gasteiger partial charge in [0.1, 0.15) is 12.4 Å². The fraction of sp³-hybridized carbons (Fsp3) is 0.897. The molecule has 1 rings (SSSR count). The first-order valence-corrected chi connectivity index (χ1v) is 14.3. The number of unbranched alkanes of at least 4 members (excludes halogenated alkanes) is 19. The van der Waals surface area contributed by atoms with E-state index in [2.05, 4.69) is 42.4 Å². The monoisotopic (exact) mass is 433 g/mol. The molecule has 1 heterocycles. The molecule has 0 aromatic carbocycles. The number of hydrogen-bond donors (Lipinski definition) is 0. The number of hydrogen-bond acceptors (Lipinski definition) is 0. The summed E-state index contributed by atoms with van der Waals surface area (Å²) in [5.41, 5.74) is 0. The first-order valence-electron chi connectivity index (χ1n) is 14.3. The van der Waals surface area contributed by atoms with E-state index >= 15 is 0 Å². The summed E-state index contributed by atoms with van der Waals surface area (Å²) in [6, 6.07) is 0. The topological polar surface area (TPSA) is 8.81 Å². The van der Waals surface area contributed by atoms with Gasteiger partial charge in [-0.1, -0.05) is 129 Å². The Morgan fingerprint density at radius 3 is 1.39 bits per heavy atom. The summed E-state index contributed by atoms with van der Waals surface area (Å²) < 4.78 is 4.87. The molecular formula is C29H57N2+. The average Bonchev–Trinajstić information content (AvgIpc) is 3.12. The summed E-state index contributed by atoms with van der Waals surface area (Å²) in [6.07, 6.45) is 35.7. The van der Waals surface area contributed by atoms with Gasteiger partial charge in [0.15, 0.2) is 0 Å². The lowest BCUT2D eigenvalue weighted by Crippen LogP contribution is -2.32. The fourth-order valence-corrected chi connectivity index (χ4v) is 4.80. The molecule has 2 heteroatoms. The highest BCUT2D eigenvalue weighted by Gasteiger charge is 2.13. The van der Waals surface area contributed by atoms with E-state index in [1.54, 1.807) is 0 Å². The van der Waals surface area contributed by atoms with Crippen molar-refractivity contribution in [1.29, 1.82) is 0 Å². The Morgan fingerprint density at radius 1 is 0.548 bits per heavy atom. The molecule has 2 nitrogen and oxygen atoms in total. The van der Waals surface area contributed by atoms with Crippen LogP contribution in [0.1, 0.15) is 155 Å². The van der Waals surface area contributed by atoms with Gasteiger partial charge in [-0.15, -0.1) is 0 Å². The van der Waals surface area contributed by atoms with Crippen molar-refractivity contribution in [2.24, 2.45) is 7.05 Å². The molecule has 0 aliphatic carbocycles. The molecular weight excluding hydrogens is 376 g/mol. The van der Waals surface area contributed by atoms with Crippen LogP contribution in [0, 0.1) is 0 Å². The number of imidazole rings is 1. The van der Waals surface area contributed by atoms with E-state index in [1.165, 1.54) is 154 Å². The quantitative estimate of drug-likeness (QED) is 0.120. The van der Waals surface area contributed by atoms with Crippen molar-refractivity contribution in [3.8, 4) is 0 Å². The highest BCUT2D eigenvalue weighted by Crippen LogP contribution is 2.14. The SMILES string of the molecule is CCCCCCCCCCCCCCCCCn1cc[n+](C)c1CCCCCCCC. The van der Waals surface area contributed by atoms with Gasteiger partial charge in [0.05, 0.1) is 13.6 Å². The number of nitrogens with zero attached hydrogens (tertiary/aromatic N) is 2. The van der Waals surface area contributed by atoms with Gasteiger partial charge in [-0.05, 0) is 19.3 Å². The molecule has 31 heavy (non-hydrogen) atoms. The lowest BCUT2D eigenvalue weighted by atomic mass is 10.0. The van der Waals surface area contributed by atoms with Crippen molar-refractivity contribution in [2.45, 2.75) is 162 Å². The average molecular weight is 434 g/mol. The Balaban J connectivity index is 1.94. The van der Waals surface area contributed by atoms with E-state index < -0.39 is 0 Å². The zero-order valence-electron chi connectivity index (χ0n) is 21.8. The van der Waals surface area contributed by atoms with E-state index in [1.807, 2.05) is 0 Å². The van der Waals surface area contributed by atoms with E-state index in [9.17, 15) is 0 Å². The molecule has 1 aromatic heterocycles. The molecule has 0 bridgehead atoms. The summed E-state index contributed by atoms with van der Waals surface area (Å²) >= 11 is 0. The number of rotatable bonds is 23. The van der Waals surface area contributed by atoms with E-state index in [0.29, 0.717) is 0 Å². The van der Waals surface area contributed by atoms with Crippen LogP contribution in [0.4, 0.5) is 0 Å². The van der Waals surface area contributed by atoms with Gasteiger partial charge in [0.25, 0.3) is 5.82 Å². The zero-order chi connectivity index (χ0) is 22.4. The van der Waals surface area contributed by atoms with Crippen LogP contribution in [0.2, 0.25) is 0 Å². The maximum Gasteiger partial charge on any atom is 0.256 e. The van der Waals surface area contributed by atoms with Crippen LogP contribution in [0.15, 0.2) is 12.4 Å².